The molecule has 1 aromatic carbocycles. The van der Waals surface area contributed by atoms with Gasteiger partial charge in [0.1, 0.15) is 0 Å². The topological polar surface area (TPSA) is 12.5 Å². The molecular formula is C18H23NOS. The van der Waals surface area contributed by atoms with Crippen LogP contribution < -0.4 is 0 Å². The van der Waals surface area contributed by atoms with Gasteiger partial charge in [-0.3, -0.25) is 0 Å². The summed E-state index contributed by atoms with van der Waals surface area (Å²) in [5, 5.41) is 2.11. The minimum atomic E-state index is 0.173. The summed E-state index contributed by atoms with van der Waals surface area (Å²) in [6.07, 6.45) is 4.20. The van der Waals surface area contributed by atoms with Gasteiger partial charge in [-0.2, -0.15) is 0 Å². The zero-order valence-electron chi connectivity index (χ0n) is 12.4. The maximum absolute atomic E-state index is 6.24. The zero-order chi connectivity index (χ0) is 14.3. The van der Waals surface area contributed by atoms with Gasteiger partial charge in [0.05, 0.1) is 12.7 Å². The first-order valence-corrected chi connectivity index (χ1v) is 8.71. The summed E-state index contributed by atoms with van der Waals surface area (Å²) in [6, 6.07) is 14.9. The van der Waals surface area contributed by atoms with Gasteiger partial charge in [-0.1, -0.05) is 42.8 Å². The van der Waals surface area contributed by atoms with Gasteiger partial charge in [0.2, 0.25) is 0 Å². The highest BCUT2D eigenvalue weighted by molar-refractivity contribution is 7.09. The predicted octanol–water partition coefficient (Wildman–Crippen LogP) is 4.49. The number of piperidine rings is 1. The van der Waals surface area contributed by atoms with Crippen molar-refractivity contribution in [1.29, 1.82) is 0 Å². The van der Waals surface area contributed by atoms with Crippen molar-refractivity contribution in [3.05, 3.63) is 58.3 Å². The molecule has 1 atom stereocenters. The molecule has 112 valence electrons. The van der Waals surface area contributed by atoms with Crippen molar-refractivity contribution in [2.24, 2.45) is 0 Å². The van der Waals surface area contributed by atoms with E-state index in [0.29, 0.717) is 6.61 Å². The summed E-state index contributed by atoms with van der Waals surface area (Å²) in [5.41, 5.74) is 1.29. The average Bonchev–Trinajstić information content (AvgIpc) is 3.07. The predicted molar refractivity (Wildman–Crippen MR) is 88.6 cm³/mol. The van der Waals surface area contributed by atoms with Crippen LogP contribution in [0.15, 0.2) is 47.8 Å². The van der Waals surface area contributed by atoms with E-state index in [1.807, 2.05) is 0 Å². The Morgan fingerprint density at radius 3 is 2.52 bits per heavy atom. The van der Waals surface area contributed by atoms with E-state index in [9.17, 15) is 0 Å². The largest absolute Gasteiger partial charge is 0.367 e. The van der Waals surface area contributed by atoms with E-state index in [1.54, 1.807) is 11.3 Å². The van der Waals surface area contributed by atoms with Crippen LogP contribution in [0.3, 0.4) is 0 Å². The van der Waals surface area contributed by atoms with Crippen LogP contribution >= 0.6 is 11.3 Å². The maximum Gasteiger partial charge on any atom is 0.0956 e. The Labute approximate surface area is 131 Å². The van der Waals surface area contributed by atoms with Crippen LogP contribution in [0.4, 0.5) is 0 Å². The molecule has 2 nitrogen and oxygen atoms in total. The fourth-order valence-electron chi connectivity index (χ4n) is 2.88. The number of rotatable bonds is 6. The van der Waals surface area contributed by atoms with Crippen LogP contribution in [0.2, 0.25) is 0 Å². The second kappa shape index (κ2) is 7.74. The van der Waals surface area contributed by atoms with Gasteiger partial charge in [0, 0.05) is 11.4 Å². The molecule has 0 amide bonds. The fourth-order valence-corrected chi connectivity index (χ4v) is 3.50. The van der Waals surface area contributed by atoms with E-state index in [-0.39, 0.29) is 6.10 Å². The molecule has 1 aliphatic rings. The van der Waals surface area contributed by atoms with Crippen molar-refractivity contribution in [2.45, 2.75) is 32.0 Å². The van der Waals surface area contributed by atoms with Crippen molar-refractivity contribution in [3.8, 4) is 0 Å². The quantitative estimate of drug-likeness (QED) is 0.779. The van der Waals surface area contributed by atoms with Crippen LogP contribution in [0.1, 0.15) is 35.8 Å². The lowest BCUT2D eigenvalue weighted by molar-refractivity contribution is 0.0112. The third kappa shape index (κ3) is 4.40. The van der Waals surface area contributed by atoms with E-state index >= 15 is 0 Å². The second-order valence-electron chi connectivity index (χ2n) is 5.65. The van der Waals surface area contributed by atoms with Crippen molar-refractivity contribution in [1.82, 2.24) is 4.90 Å². The third-order valence-corrected chi connectivity index (χ3v) is 4.90. The molecule has 0 radical (unpaired) electrons. The molecule has 0 saturated carbocycles. The Balaban J connectivity index is 1.65. The molecule has 2 aromatic rings. The second-order valence-corrected chi connectivity index (χ2v) is 6.68. The number of hydrogen-bond acceptors (Lipinski definition) is 3. The van der Waals surface area contributed by atoms with Gasteiger partial charge in [-0.15, -0.1) is 11.3 Å². The van der Waals surface area contributed by atoms with Crippen LogP contribution in [0.5, 0.6) is 0 Å². The molecule has 0 aliphatic carbocycles. The minimum absolute atomic E-state index is 0.173. The zero-order valence-corrected chi connectivity index (χ0v) is 13.2. The highest BCUT2D eigenvalue weighted by Crippen LogP contribution is 2.23. The van der Waals surface area contributed by atoms with Gasteiger partial charge in [0.15, 0.2) is 0 Å². The van der Waals surface area contributed by atoms with Gasteiger partial charge in [-0.25, -0.2) is 0 Å². The molecule has 1 aliphatic heterocycles. The molecule has 0 spiro atoms. The Bertz CT molecular complexity index is 505. The summed E-state index contributed by atoms with van der Waals surface area (Å²) >= 11 is 1.77. The molecule has 0 bridgehead atoms. The lowest BCUT2D eigenvalue weighted by Crippen LogP contribution is -2.34. The number of benzene rings is 1. The van der Waals surface area contributed by atoms with Crippen LogP contribution in [-0.2, 0) is 11.3 Å². The van der Waals surface area contributed by atoms with Crippen LogP contribution in [0.25, 0.3) is 0 Å². The monoisotopic (exact) mass is 301 g/mol. The SMILES string of the molecule is c1ccc([C@@H](CN2CCCCC2)OCc2cccs2)cc1. The summed E-state index contributed by atoms with van der Waals surface area (Å²) in [5.74, 6) is 0. The summed E-state index contributed by atoms with van der Waals surface area (Å²) in [4.78, 5) is 3.85. The smallest absolute Gasteiger partial charge is 0.0956 e. The van der Waals surface area contributed by atoms with Crippen LogP contribution in [0, 0.1) is 0 Å². The van der Waals surface area contributed by atoms with Crippen molar-refractivity contribution < 1.29 is 4.74 Å². The standard InChI is InChI=1S/C18H23NOS/c1-3-8-16(9-4-1)18(14-19-11-5-2-6-12-19)20-15-17-10-7-13-21-17/h1,3-4,7-10,13,18H,2,5-6,11-12,14-15H2/t18-/m1/s1. The summed E-state index contributed by atoms with van der Waals surface area (Å²) in [6.45, 7) is 4.15. The fraction of sp³-hybridized carbons (Fsp3) is 0.444. The Kier molecular flexibility index (Phi) is 5.44. The molecule has 1 saturated heterocycles. The normalized spacial score (nSPS) is 17.7. The van der Waals surface area contributed by atoms with E-state index < -0.39 is 0 Å². The highest BCUT2D eigenvalue weighted by Gasteiger charge is 2.18. The first kappa shape index (κ1) is 14.8. The molecular weight excluding hydrogens is 278 g/mol. The third-order valence-electron chi connectivity index (χ3n) is 4.05. The van der Waals surface area contributed by atoms with Crippen LogP contribution in [-0.4, -0.2) is 24.5 Å². The highest BCUT2D eigenvalue weighted by atomic mass is 32.1. The number of likely N-dealkylation sites (tertiary alicyclic amines) is 1. The first-order chi connectivity index (χ1) is 10.4. The average molecular weight is 301 g/mol. The van der Waals surface area contributed by atoms with E-state index in [0.717, 1.165) is 6.54 Å². The summed E-state index contributed by atoms with van der Waals surface area (Å²) in [7, 11) is 0. The Hall–Kier alpha value is -1.16. The molecule has 1 aromatic heterocycles. The molecule has 3 rings (SSSR count). The number of hydrogen-bond donors (Lipinski definition) is 0. The van der Waals surface area contributed by atoms with Crippen molar-refractivity contribution in [2.75, 3.05) is 19.6 Å². The van der Waals surface area contributed by atoms with Crippen molar-refractivity contribution >= 4 is 11.3 Å². The Morgan fingerprint density at radius 1 is 1.00 bits per heavy atom. The Morgan fingerprint density at radius 2 is 1.81 bits per heavy atom. The van der Waals surface area contributed by atoms with Gasteiger partial charge >= 0.3 is 0 Å². The lowest BCUT2D eigenvalue weighted by atomic mass is 10.1. The number of ether oxygens (including phenoxy) is 1. The molecule has 1 fully saturated rings. The maximum atomic E-state index is 6.24. The molecule has 21 heavy (non-hydrogen) atoms. The lowest BCUT2D eigenvalue weighted by Gasteiger charge is -2.30. The van der Waals surface area contributed by atoms with Crippen molar-refractivity contribution in [3.63, 3.8) is 0 Å². The number of nitrogens with zero attached hydrogens (tertiary/aromatic N) is 1. The number of thiophene rings is 1. The van der Waals surface area contributed by atoms with E-state index in [1.165, 1.54) is 42.8 Å². The molecule has 0 N–H and O–H groups in total. The molecule has 0 unspecified atom stereocenters. The summed E-state index contributed by atoms with van der Waals surface area (Å²) < 4.78 is 6.24. The van der Waals surface area contributed by atoms with Gasteiger partial charge in [0.25, 0.3) is 0 Å². The minimum Gasteiger partial charge on any atom is -0.367 e. The first-order valence-electron chi connectivity index (χ1n) is 7.83. The molecule has 3 heteroatoms. The molecule has 2 heterocycles. The van der Waals surface area contributed by atoms with E-state index in [2.05, 4.69) is 52.7 Å². The van der Waals surface area contributed by atoms with E-state index in [4.69, 9.17) is 4.74 Å². The van der Waals surface area contributed by atoms with Gasteiger partial charge in [-0.05, 0) is 42.9 Å². The van der Waals surface area contributed by atoms with Gasteiger partial charge < -0.3 is 9.64 Å².